The number of benzene rings is 2. The van der Waals surface area contributed by atoms with Crippen molar-refractivity contribution in [3.8, 4) is 0 Å². The van der Waals surface area contributed by atoms with E-state index in [9.17, 15) is 9.18 Å². The molecule has 2 aliphatic rings. The van der Waals surface area contributed by atoms with Crippen LogP contribution in [0, 0.1) is 5.82 Å². The van der Waals surface area contributed by atoms with Crippen molar-refractivity contribution in [3.05, 3.63) is 53.8 Å². The van der Waals surface area contributed by atoms with Crippen LogP contribution in [-0.2, 0) is 0 Å². The summed E-state index contributed by atoms with van der Waals surface area (Å²) in [4.78, 5) is 18.7. The van der Waals surface area contributed by atoms with Crippen molar-refractivity contribution in [2.24, 2.45) is 0 Å². The molecule has 142 valence electrons. The van der Waals surface area contributed by atoms with Gasteiger partial charge in [0.2, 0.25) is 0 Å². The quantitative estimate of drug-likeness (QED) is 0.847. The fourth-order valence-electron chi connectivity index (χ4n) is 3.97. The first-order chi connectivity index (χ1) is 13.1. The van der Waals surface area contributed by atoms with Gasteiger partial charge in [-0.05, 0) is 43.2 Å². The lowest BCUT2D eigenvalue weighted by atomic mass is 10.1. The van der Waals surface area contributed by atoms with E-state index in [-0.39, 0.29) is 11.7 Å². The third-order valence-electron chi connectivity index (χ3n) is 5.48. The lowest BCUT2D eigenvalue weighted by Crippen LogP contribution is -2.47. The van der Waals surface area contributed by atoms with Crippen molar-refractivity contribution in [3.63, 3.8) is 0 Å². The average molecular weight is 368 g/mol. The highest BCUT2D eigenvalue weighted by molar-refractivity contribution is 5.96. The number of amides is 1. The zero-order valence-corrected chi connectivity index (χ0v) is 15.4. The molecule has 0 atom stereocenters. The standard InChI is InChI=1S/C21H25FN4O/c22-17-5-1-2-6-19(17)24-11-13-25(14-12-24)20-8-7-16(15-18(20)23)21(27)26-9-3-4-10-26/h1-2,5-8,15H,3-4,9-14,23H2. The number of hydrogen-bond donors (Lipinski definition) is 1. The SMILES string of the molecule is Nc1cc(C(=O)N2CCCC2)ccc1N1CCN(c2ccccc2F)CC1. The number of anilines is 3. The Morgan fingerprint density at radius 2 is 1.48 bits per heavy atom. The highest BCUT2D eigenvalue weighted by Crippen LogP contribution is 2.28. The summed E-state index contributed by atoms with van der Waals surface area (Å²) in [6.07, 6.45) is 2.15. The molecule has 27 heavy (non-hydrogen) atoms. The van der Waals surface area contributed by atoms with Crippen molar-refractivity contribution in [1.29, 1.82) is 0 Å². The largest absolute Gasteiger partial charge is 0.397 e. The van der Waals surface area contributed by atoms with Gasteiger partial charge in [-0.2, -0.15) is 0 Å². The van der Waals surface area contributed by atoms with Gasteiger partial charge in [0.25, 0.3) is 5.91 Å². The normalized spacial score (nSPS) is 17.4. The molecule has 0 aromatic heterocycles. The number of likely N-dealkylation sites (tertiary alicyclic amines) is 1. The van der Waals surface area contributed by atoms with E-state index in [1.165, 1.54) is 6.07 Å². The summed E-state index contributed by atoms with van der Waals surface area (Å²) in [5.41, 5.74) is 9.15. The summed E-state index contributed by atoms with van der Waals surface area (Å²) < 4.78 is 14.0. The Labute approximate surface area is 159 Å². The maximum atomic E-state index is 14.0. The van der Waals surface area contributed by atoms with Crippen LogP contribution in [0.3, 0.4) is 0 Å². The van der Waals surface area contributed by atoms with Gasteiger partial charge in [0.1, 0.15) is 5.82 Å². The number of carbonyl (C=O) groups excluding carboxylic acids is 1. The van der Waals surface area contributed by atoms with Gasteiger partial charge < -0.3 is 20.4 Å². The van der Waals surface area contributed by atoms with E-state index in [0.717, 1.165) is 57.8 Å². The zero-order valence-electron chi connectivity index (χ0n) is 15.4. The molecule has 2 N–H and O–H groups in total. The number of nitrogens with zero attached hydrogens (tertiary/aromatic N) is 3. The molecule has 0 saturated carbocycles. The average Bonchev–Trinajstić information content (AvgIpc) is 3.23. The molecule has 0 radical (unpaired) electrons. The number of halogens is 1. The maximum absolute atomic E-state index is 14.0. The minimum absolute atomic E-state index is 0.0649. The third kappa shape index (κ3) is 3.56. The minimum atomic E-state index is -0.185. The molecule has 2 fully saturated rings. The van der Waals surface area contributed by atoms with Crippen LogP contribution in [0.25, 0.3) is 0 Å². The molecule has 2 saturated heterocycles. The maximum Gasteiger partial charge on any atom is 0.253 e. The highest BCUT2D eigenvalue weighted by Gasteiger charge is 2.23. The van der Waals surface area contributed by atoms with Crippen LogP contribution in [0.2, 0.25) is 0 Å². The fourth-order valence-corrected chi connectivity index (χ4v) is 3.97. The predicted molar refractivity (Wildman–Crippen MR) is 107 cm³/mol. The molecule has 2 aromatic rings. The van der Waals surface area contributed by atoms with Gasteiger partial charge in [0.05, 0.1) is 17.1 Å². The van der Waals surface area contributed by atoms with Crippen molar-refractivity contribution in [1.82, 2.24) is 4.90 Å². The third-order valence-corrected chi connectivity index (χ3v) is 5.48. The molecule has 6 heteroatoms. The Bertz CT molecular complexity index is 827. The summed E-state index contributed by atoms with van der Waals surface area (Å²) in [7, 11) is 0. The molecule has 5 nitrogen and oxygen atoms in total. The first-order valence-corrected chi connectivity index (χ1v) is 9.57. The monoisotopic (exact) mass is 368 g/mol. The van der Waals surface area contributed by atoms with Crippen LogP contribution in [-0.4, -0.2) is 50.1 Å². The molecule has 0 aliphatic carbocycles. The minimum Gasteiger partial charge on any atom is -0.397 e. The molecule has 0 unspecified atom stereocenters. The molecule has 0 spiro atoms. The lowest BCUT2D eigenvalue weighted by Gasteiger charge is -2.38. The molecule has 2 heterocycles. The van der Waals surface area contributed by atoms with Crippen molar-refractivity contribution < 1.29 is 9.18 Å². The molecular formula is C21H25FN4O. The van der Waals surface area contributed by atoms with E-state index in [4.69, 9.17) is 5.73 Å². The van der Waals surface area contributed by atoms with Crippen LogP contribution < -0.4 is 15.5 Å². The Kier molecular flexibility index (Phi) is 4.88. The van der Waals surface area contributed by atoms with Gasteiger partial charge >= 0.3 is 0 Å². The van der Waals surface area contributed by atoms with Gasteiger partial charge in [0.15, 0.2) is 0 Å². The Morgan fingerprint density at radius 1 is 0.852 bits per heavy atom. The first-order valence-electron chi connectivity index (χ1n) is 9.57. The summed E-state index contributed by atoms with van der Waals surface area (Å²) in [6.45, 7) is 4.65. The van der Waals surface area contributed by atoms with E-state index in [2.05, 4.69) is 9.80 Å². The van der Waals surface area contributed by atoms with Crippen molar-refractivity contribution in [2.45, 2.75) is 12.8 Å². The number of para-hydroxylation sites is 1. The first kappa shape index (κ1) is 17.6. The number of piperazine rings is 1. The van der Waals surface area contributed by atoms with E-state index < -0.39 is 0 Å². The Morgan fingerprint density at radius 3 is 2.11 bits per heavy atom. The Balaban J connectivity index is 1.44. The smallest absolute Gasteiger partial charge is 0.253 e. The van der Waals surface area contributed by atoms with Crippen LogP contribution in [0.15, 0.2) is 42.5 Å². The summed E-state index contributed by atoms with van der Waals surface area (Å²) >= 11 is 0. The number of nitrogen functional groups attached to an aromatic ring is 1. The second-order valence-electron chi connectivity index (χ2n) is 7.20. The predicted octanol–water partition coefficient (Wildman–Crippen LogP) is 2.97. The second kappa shape index (κ2) is 7.47. The highest BCUT2D eigenvalue weighted by atomic mass is 19.1. The number of rotatable bonds is 3. The number of hydrogen-bond acceptors (Lipinski definition) is 4. The number of carbonyl (C=O) groups is 1. The van der Waals surface area contributed by atoms with Crippen molar-refractivity contribution >= 4 is 23.0 Å². The molecular weight excluding hydrogens is 343 g/mol. The summed E-state index contributed by atoms with van der Waals surface area (Å²) in [6, 6.07) is 12.5. The van der Waals surface area contributed by atoms with E-state index >= 15 is 0 Å². The molecule has 0 bridgehead atoms. The summed E-state index contributed by atoms with van der Waals surface area (Å²) in [5, 5.41) is 0. The van der Waals surface area contributed by atoms with E-state index in [1.54, 1.807) is 12.1 Å². The number of nitrogens with two attached hydrogens (primary N) is 1. The van der Waals surface area contributed by atoms with Gasteiger partial charge in [-0.25, -0.2) is 4.39 Å². The molecule has 2 aromatic carbocycles. The summed E-state index contributed by atoms with van der Waals surface area (Å²) in [5.74, 6) is -0.120. The van der Waals surface area contributed by atoms with Gasteiger partial charge in [-0.3, -0.25) is 4.79 Å². The van der Waals surface area contributed by atoms with E-state index in [1.807, 2.05) is 29.2 Å². The van der Waals surface area contributed by atoms with Crippen LogP contribution in [0.5, 0.6) is 0 Å². The topological polar surface area (TPSA) is 52.8 Å². The molecule has 2 aliphatic heterocycles. The molecule has 4 rings (SSSR count). The molecule has 1 amide bonds. The van der Waals surface area contributed by atoms with Gasteiger partial charge in [-0.15, -0.1) is 0 Å². The lowest BCUT2D eigenvalue weighted by molar-refractivity contribution is 0.0793. The van der Waals surface area contributed by atoms with Crippen LogP contribution in [0.1, 0.15) is 23.2 Å². The zero-order chi connectivity index (χ0) is 18.8. The van der Waals surface area contributed by atoms with Crippen LogP contribution in [0.4, 0.5) is 21.5 Å². The van der Waals surface area contributed by atoms with Gasteiger partial charge in [-0.1, -0.05) is 12.1 Å². The van der Waals surface area contributed by atoms with Gasteiger partial charge in [0, 0.05) is 44.8 Å². The van der Waals surface area contributed by atoms with Crippen LogP contribution >= 0.6 is 0 Å². The Hall–Kier alpha value is -2.76. The van der Waals surface area contributed by atoms with Crippen molar-refractivity contribution in [2.75, 3.05) is 54.8 Å². The van der Waals surface area contributed by atoms with E-state index in [0.29, 0.717) is 16.9 Å². The fraction of sp³-hybridized carbons (Fsp3) is 0.381. The second-order valence-corrected chi connectivity index (χ2v) is 7.20.